The molecule has 0 radical (unpaired) electrons. The Morgan fingerprint density at radius 2 is 1.81 bits per heavy atom. The fourth-order valence-electron chi connectivity index (χ4n) is 2.25. The standard InChI is InChI=1S/C19H17N3O3S2/c1-24-13-6-3-12(4-7-13)5-10-17(23)21-18(26)22-19-20-15-9-8-14(25-2)11-16(15)27-19/h3-11H,1-2H3,(H2,20,21,22,23,26)/b10-5+. The average Bonchev–Trinajstić information content (AvgIpc) is 3.07. The second-order valence-corrected chi connectivity index (χ2v) is 6.84. The molecule has 0 aliphatic heterocycles. The van der Waals surface area contributed by atoms with Gasteiger partial charge in [0, 0.05) is 6.08 Å². The summed E-state index contributed by atoms with van der Waals surface area (Å²) < 4.78 is 11.3. The number of thiazole rings is 1. The molecule has 0 aliphatic carbocycles. The maximum atomic E-state index is 12.0. The summed E-state index contributed by atoms with van der Waals surface area (Å²) in [4.78, 5) is 16.4. The SMILES string of the molecule is COc1ccc(/C=C/C(=O)NC(=S)Nc2nc3ccc(OC)cc3s2)cc1. The first-order valence-electron chi connectivity index (χ1n) is 7.96. The van der Waals surface area contributed by atoms with Crippen molar-refractivity contribution in [2.75, 3.05) is 19.5 Å². The third-order valence-corrected chi connectivity index (χ3v) is 4.73. The third-order valence-electron chi connectivity index (χ3n) is 3.60. The van der Waals surface area contributed by atoms with Crippen molar-refractivity contribution >= 4 is 56.0 Å². The van der Waals surface area contributed by atoms with Crippen LogP contribution in [0.15, 0.2) is 48.5 Å². The molecule has 138 valence electrons. The van der Waals surface area contributed by atoms with Crippen molar-refractivity contribution in [1.29, 1.82) is 0 Å². The fraction of sp³-hybridized carbons (Fsp3) is 0.105. The third kappa shape index (κ3) is 5.02. The molecule has 2 aromatic carbocycles. The zero-order valence-electron chi connectivity index (χ0n) is 14.7. The molecule has 0 unspecified atom stereocenters. The largest absolute Gasteiger partial charge is 0.497 e. The lowest BCUT2D eigenvalue weighted by Crippen LogP contribution is -2.32. The Morgan fingerprint density at radius 1 is 1.11 bits per heavy atom. The van der Waals surface area contributed by atoms with Gasteiger partial charge >= 0.3 is 0 Å². The van der Waals surface area contributed by atoms with E-state index in [0.29, 0.717) is 5.13 Å². The number of carbonyl (C=O) groups excluding carboxylic acids is 1. The predicted molar refractivity (Wildman–Crippen MR) is 113 cm³/mol. The number of benzene rings is 2. The van der Waals surface area contributed by atoms with E-state index in [-0.39, 0.29) is 11.0 Å². The molecule has 0 atom stereocenters. The first kappa shape index (κ1) is 18.8. The Labute approximate surface area is 165 Å². The summed E-state index contributed by atoms with van der Waals surface area (Å²) in [6.45, 7) is 0. The van der Waals surface area contributed by atoms with Gasteiger partial charge in [0.2, 0.25) is 5.91 Å². The lowest BCUT2D eigenvalue weighted by Gasteiger charge is -2.04. The van der Waals surface area contributed by atoms with E-state index < -0.39 is 0 Å². The molecule has 0 bridgehead atoms. The normalized spacial score (nSPS) is 10.7. The molecule has 0 fully saturated rings. The van der Waals surface area contributed by atoms with Crippen molar-refractivity contribution in [3.05, 3.63) is 54.1 Å². The van der Waals surface area contributed by atoms with E-state index in [4.69, 9.17) is 21.7 Å². The van der Waals surface area contributed by atoms with Crippen LogP contribution in [-0.4, -0.2) is 30.2 Å². The van der Waals surface area contributed by atoms with Gasteiger partial charge in [0.05, 0.1) is 24.4 Å². The number of anilines is 1. The number of thiocarbonyl (C=S) groups is 1. The number of carbonyl (C=O) groups is 1. The summed E-state index contributed by atoms with van der Waals surface area (Å²) in [5.74, 6) is 1.19. The Bertz CT molecular complexity index is 997. The van der Waals surface area contributed by atoms with Crippen molar-refractivity contribution < 1.29 is 14.3 Å². The maximum Gasteiger partial charge on any atom is 0.250 e. The van der Waals surface area contributed by atoms with Crippen LogP contribution in [0.5, 0.6) is 11.5 Å². The molecule has 27 heavy (non-hydrogen) atoms. The number of nitrogens with zero attached hydrogens (tertiary/aromatic N) is 1. The molecule has 2 N–H and O–H groups in total. The quantitative estimate of drug-likeness (QED) is 0.502. The van der Waals surface area contributed by atoms with Crippen LogP contribution in [0, 0.1) is 0 Å². The molecule has 3 aromatic rings. The smallest absolute Gasteiger partial charge is 0.250 e. The topological polar surface area (TPSA) is 72.5 Å². The Balaban J connectivity index is 1.58. The minimum absolute atomic E-state index is 0.186. The Hall–Kier alpha value is -2.97. The second kappa shape index (κ2) is 8.61. The summed E-state index contributed by atoms with van der Waals surface area (Å²) in [7, 11) is 3.22. The van der Waals surface area contributed by atoms with Crippen molar-refractivity contribution in [2.45, 2.75) is 0 Å². The summed E-state index contributed by atoms with van der Waals surface area (Å²) in [6.07, 6.45) is 3.11. The molecule has 0 spiro atoms. The summed E-state index contributed by atoms with van der Waals surface area (Å²) >= 11 is 6.60. The van der Waals surface area contributed by atoms with Crippen LogP contribution >= 0.6 is 23.6 Å². The molecule has 6 nitrogen and oxygen atoms in total. The van der Waals surface area contributed by atoms with E-state index in [0.717, 1.165) is 27.3 Å². The predicted octanol–water partition coefficient (Wildman–Crippen LogP) is 3.84. The van der Waals surface area contributed by atoms with Crippen LogP contribution in [0.1, 0.15) is 5.56 Å². The lowest BCUT2D eigenvalue weighted by molar-refractivity contribution is -0.115. The highest BCUT2D eigenvalue weighted by atomic mass is 32.1. The van der Waals surface area contributed by atoms with Crippen LogP contribution in [0.25, 0.3) is 16.3 Å². The van der Waals surface area contributed by atoms with Crippen LogP contribution in [0.2, 0.25) is 0 Å². The van der Waals surface area contributed by atoms with Crippen molar-refractivity contribution in [3.8, 4) is 11.5 Å². The molecule has 3 rings (SSSR count). The number of hydrogen-bond donors (Lipinski definition) is 2. The number of rotatable bonds is 5. The zero-order chi connectivity index (χ0) is 19.2. The number of nitrogens with one attached hydrogen (secondary N) is 2. The van der Waals surface area contributed by atoms with Crippen LogP contribution in [0.4, 0.5) is 5.13 Å². The molecule has 0 saturated heterocycles. The fourth-order valence-corrected chi connectivity index (χ4v) is 3.41. The van der Waals surface area contributed by atoms with Gasteiger partial charge in [-0.2, -0.15) is 0 Å². The van der Waals surface area contributed by atoms with Crippen molar-refractivity contribution in [3.63, 3.8) is 0 Å². The molecule has 1 amide bonds. The summed E-state index contributed by atoms with van der Waals surface area (Å²) in [5, 5.41) is 6.31. The van der Waals surface area contributed by atoms with Gasteiger partial charge in [-0.1, -0.05) is 23.5 Å². The first-order valence-corrected chi connectivity index (χ1v) is 9.18. The lowest BCUT2D eigenvalue weighted by atomic mass is 10.2. The number of aromatic nitrogens is 1. The molecule has 0 saturated carbocycles. The monoisotopic (exact) mass is 399 g/mol. The van der Waals surface area contributed by atoms with Crippen LogP contribution in [-0.2, 0) is 4.79 Å². The molecule has 1 aromatic heterocycles. The molecule has 8 heteroatoms. The van der Waals surface area contributed by atoms with E-state index in [1.165, 1.54) is 17.4 Å². The van der Waals surface area contributed by atoms with E-state index in [9.17, 15) is 4.79 Å². The minimum Gasteiger partial charge on any atom is -0.497 e. The number of methoxy groups -OCH3 is 2. The average molecular weight is 399 g/mol. The van der Waals surface area contributed by atoms with E-state index in [1.54, 1.807) is 20.3 Å². The van der Waals surface area contributed by atoms with E-state index in [1.807, 2.05) is 42.5 Å². The minimum atomic E-state index is -0.328. The number of fused-ring (bicyclic) bond motifs is 1. The van der Waals surface area contributed by atoms with Crippen molar-refractivity contribution in [2.24, 2.45) is 0 Å². The van der Waals surface area contributed by atoms with Crippen LogP contribution in [0.3, 0.4) is 0 Å². The highest BCUT2D eigenvalue weighted by Crippen LogP contribution is 2.29. The van der Waals surface area contributed by atoms with E-state index in [2.05, 4.69) is 15.6 Å². The molecule has 0 aliphatic rings. The van der Waals surface area contributed by atoms with Gasteiger partial charge in [-0.15, -0.1) is 0 Å². The zero-order valence-corrected chi connectivity index (χ0v) is 16.3. The van der Waals surface area contributed by atoms with Gasteiger partial charge in [-0.25, -0.2) is 4.98 Å². The first-order chi connectivity index (χ1) is 13.1. The van der Waals surface area contributed by atoms with Crippen LogP contribution < -0.4 is 20.1 Å². The number of hydrogen-bond acceptors (Lipinski definition) is 6. The molecular weight excluding hydrogens is 382 g/mol. The highest BCUT2D eigenvalue weighted by molar-refractivity contribution is 7.80. The van der Waals surface area contributed by atoms with Crippen molar-refractivity contribution in [1.82, 2.24) is 10.3 Å². The van der Waals surface area contributed by atoms with Gasteiger partial charge in [-0.3, -0.25) is 10.1 Å². The van der Waals surface area contributed by atoms with Gasteiger partial charge in [0.25, 0.3) is 0 Å². The second-order valence-electron chi connectivity index (χ2n) is 5.40. The molecule has 1 heterocycles. The highest BCUT2D eigenvalue weighted by Gasteiger charge is 2.08. The Morgan fingerprint density at radius 3 is 2.52 bits per heavy atom. The number of ether oxygens (including phenoxy) is 2. The van der Waals surface area contributed by atoms with Gasteiger partial charge in [0.1, 0.15) is 11.5 Å². The Kier molecular flexibility index (Phi) is 6.00. The van der Waals surface area contributed by atoms with E-state index >= 15 is 0 Å². The van der Waals surface area contributed by atoms with Gasteiger partial charge in [0.15, 0.2) is 10.2 Å². The van der Waals surface area contributed by atoms with Gasteiger partial charge < -0.3 is 14.8 Å². The summed E-state index contributed by atoms with van der Waals surface area (Å²) in [5.41, 5.74) is 1.71. The maximum absolute atomic E-state index is 12.0. The van der Waals surface area contributed by atoms with Gasteiger partial charge in [-0.05, 0) is 54.2 Å². The molecular formula is C19H17N3O3S2. The summed E-state index contributed by atoms with van der Waals surface area (Å²) in [6, 6.07) is 13.0. The number of amides is 1.